The van der Waals surface area contributed by atoms with Crippen molar-refractivity contribution in [3.05, 3.63) is 53.4 Å². The van der Waals surface area contributed by atoms with Crippen LogP contribution in [0, 0.1) is 6.92 Å². The van der Waals surface area contributed by atoms with Gasteiger partial charge in [-0.05, 0) is 25.1 Å². The average molecular weight is 468 g/mol. The topological polar surface area (TPSA) is 102 Å². The molecule has 2 heterocycles. The minimum atomic E-state index is -0.185. The molecule has 1 amide bonds. The number of benzene rings is 2. The van der Waals surface area contributed by atoms with Gasteiger partial charge in [0.05, 0.1) is 25.7 Å². The van der Waals surface area contributed by atoms with Crippen molar-refractivity contribution in [3.63, 3.8) is 0 Å². The first-order valence-corrected chi connectivity index (χ1v) is 11.5. The molecule has 8 nitrogen and oxygen atoms in total. The number of methoxy groups -OCH3 is 2. The molecule has 0 unspecified atom stereocenters. The maximum Gasteiger partial charge on any atom is 0.236 e. The predicted molar refractivity (Wildman–Crippen MR) is 127 cm³/mol. The Hall–Kier alpha value is -3.37. The Labute approximate surface area is 193 Å². The summed E-state index contributed by atoms with van der Waals surface area (Å²) in [6.07, 6.45) is 0. The van der Waals surface area contributed by atoms with Crippen LogP contribution in [0.5, 0.6) is 11.5 Å². The number of H-pyrrole nitrogens is 1. The summed E-state index contributed by atoms with van der Waals surface area (Å²) in [6, 6.07) is 13.5. The number of thiazole rings is 1. The van der Waals surface area contributed by atoms with E-state index in [0.29, 0.717) is 33.3 Å². The number of aryl methyl sites for hydroxylation is 1. The van der Waals surface area contributed by atoms with Crippen LogP contribution in [-0.4, -0.2) is 46.0 Å². The summed E-state index contributed by atoms with van der Waals surface area (Å²) >= 11 is 2.60. The van der Waals surface area contributed by atoms with Gasteiger partial charge < -0.3 is 14.8 Å². The summed E-state index contributed by atoms with van der Waals surface area (Å²) in [5.74, 6) is 2.04. The Kier molecular flexibility index (Phi) is 6.72. The van der Waals surface area contributed by atoms with Crippen LogP contribution in [-0.2, 0) is 4.79 Å². The van der Waals surface area contributed by atoms with E-state index in [-0.39, 0.29) is 11.7 Å². The Bertz CT molecular complexity index is 1220. The zero-order valence-electron chi connectivity index (χ0n) is 17.7. The maximum atomic E-state index is 12.4. The fourth-order valence-electron chi connectivity index (χ4n) is 2.91. The smallest absolute Gasteiger partial charge is 0.236 e. The molecule has 0 fully saturated rings. The second-order valence-electron chi connectivity index (χ2n) is 6.77. The number of thioether (sulfide) groups is 1. The lowest BCUT2D eigenvalue weighted by Crippen LogP contribution is -2.13. The maximum absolute atomic E-state index is 12.4. The third kappa shape index (κ3) is 5.09. The molecule has 0 bridgehead atoms. The Morgan fingerprint density at radius 2 is 1.94 bits per heavy atom. The largest absolute Gasteiger partial charge is 0.497 e. The first-order chi connectivity index (χ1) is 15.6. The predicted octanol–water partition coefficient (Wildman–Crippen LogP) is 4.65. The first kappa shape index (κ1) is 21.8. The highest BCUT2D eigenvalue weighted by atomic mass is 32.2. The standard InChI is InChI=1S/C22H21N5O3S2/c1-13-4-6-14(7-5-13)20-25-22(27-26-20)32-12-19(28)24-21-23-17(11-31-21)16-10-15(29-2)8-9-18(16)30-3/h4-11H,12H2,1-3H3,(H,23,24,28)(H,25,26,27). The zero-order valence-corrected chi connectivity index (χ0v) is 19.3. The monoisotopic (exact) mass is 467 g/mol. The lowest BCUT2D eigenvalue weighted by molar-refractivity contribution is -0.113. The summed E-state index contributed by atoms with van der Waals surface area (Å²) in [5.41, 5.74) is 3.62. The van der Waals surface area contributed by atoms with E-state index in [1.54, 1.807) is 14.2 Å². The number of nitrogens with zero attached hydrogens (tertiary/aromatic N) is 3. The van der Waals surface area contributed by atoms with Crippen LogP contribution >= 0.6 is 23.1 Å². The number of hydrogen-bond acceptors (Lipinski definition) is 8. The van der Waals surface area contributed by atoms with Gasteiger partial charge in [0.15, 0.2) is 11.0 Å². The first-order valence-electron chi connectivity index (χ1n) is 9.65. The molecule has 4 aromatic rings. The number of aromatic nitrogens is 4. The molecule has 2 aromatic carbocycles. The number of amides is 1. The minimum Gasteiger partial charge on any atom is -0.497 e. The van der Waals surface area contributed by atoms with Crippen molar-refractivity contribution >= 4 is 34.1 Å². The highest BCUT2D eigenvalue weighted by Gasteiger charge is 2.14. The van der Waals surface area contributed by atoms with Crippen molar-refractivity contribution in [2.45, 2.75) is 12.1 Å². The van der Waals surface area contributed by atoms with Gasteiger partial charge in [0.1, 0.15) is 11.5 Å². The van der Waals surface area contributed by atoms with Crippen LogP contribution in [0.4, 0.5) is 5.13 Å². The van der Waals surface area contributed by atoms with Gasteiger partial charge in [-0.2, -0.15) is 0 Å². The second-order valence-corrected chi connectivity index (χ2v) is 8.57. The lowest BCUT2D eigenvalue weighted by atomic mass is 10.1. The summed E-state index contributed by atoms with van der Waals surface area (Å²) < 4.78 is 10.7. The number of ether oxygens (including phenoxy) is 2. The molecule has 10 heteroatoms. The molecule has 0 aliphatic rings. The van der Waals surface area contributed by atoms with E-state index >= 15 is 0 Å². The van der Waals surface area contributed by atoms with E-state index in [2.05, 4.69) is 25.5 Å². The van der Waals surface area contributed by atoms with Gasteiger partial charge in [0, 0.05) is 16.5 Å². The van der Waals surface area contributed by atoms with Gasteiger partial charge >= 0.3 is 0 Å². The van der Waals surface area contributed by atoms with Crippen LogP contribution in [0.3, 0.4) is 0 Å². The minimum absolute atomic E-state index is 0.169. The van der Waals surface area contributed by atoms with E-state index < -0.39 is 0 Å². The molecule has 2 aromatic heterocycles. The molecule has 32 heavy (non-hydrogen) atoms. The van der Waals surface area contributed by atoms with Crippen molar-refractivity contribution in [2.24, 2.45) is 0 Å². The lowest BCUT2D eigenvalue weighted by Gasteiger charge is -2.08. The number of carbonyl (C=O) groups excluding carboxylic acids is 1. The number of hydrogen-bond donors (Lipinski definition) is 2. The van der Waals surface area contributed by atoms with Crippen molar-refractivity contribution in [2.75, 3.05) is 25.3 Å². The van der Waals surface area contributed by atoms with E-state index in [1.807, 2.05) is 54.8 Å². The van der Waals surface area contributed by atoms with Gasteiger partial charge in [0.25, 0.3) is 0 Å². The number of anilines is 1. The second kappa shape index (κ2) is 9.84. The van der Waals surface area contributed by atoms with Crippen LogP contribution in [0.2, 0.25) is 0 Å². The molecule has 0 saturated carbocycles. The summed E-state index contributed by atoms with van der Waals surface area (Å²) in [5, 5.41) is 12.8. The summed E-state index contributed by atoms with van der Waals surface area (Å²) in [4.78, 5) is 21.4. The van der Waals surface area contributed by atoms with E-state index in [4.69, 9.17) is 9.47 Å². The third-order valence-electron chi connectivity index (χ3n) is 4.56. The van der Waals surface area contributed by atoms with Crippen molar-refractivity contribution in [1.29, 1.82) is 0 Å². The fraction of sp³-hybridized carbons (Fsp3) is 0.182. The molecular formula is C22H21N5O3S2. The Balaban J connectivity index is 1.37. The van der Waals surface area contributed by atoms with E-state index in [0.717, 1.165) is 11.1 Å². The SMILES string of the molecule is COc1ccc(OC)c(-c2csc(NC(=O)CSc3n[nH]c(-c4ccc(C)cc4)n3)n2)c1. The van der Waals surface area contributed by atoms with Crippen LogP contribution in [0.25, 0.3) is 22.6 Å². The summed E-state index contributed by atoms with van der Waals surface area (Å²) in [6.45, 7) is 2.03. The molecule has 2 N–H and O–H groups in total. The Morgan fingerprint density at radius 1 is 1.12 bits per heavy atom. The van der Waals surface area contributed by atoms with Crippen LogP contribution < -0.4 is 14.8 Å². The molecule has 0 aliphatic heterocycles. The van der Waals surface area contributed by atoms with Crippen molar-refractivity contribution in [1.82, 2.24) is 20.2 Å². The molecule has 0 aliphatic carbocycles. The van der Waals surface area contributed by atoms with Gasteiger partial charge in [-0.25, -0.2) is 9.97 Å². The molecule has 0 atom stereocenters. The summed E-state index contributed by atoms with van der Waals surface area (Å²) in [7, 11) is 3.21. The van der Waals surface area contributed by atoms with Gasteiger partial charge in [-0.15, -0.1) is 16.4 Å². The fourth-order valence-corrected chi connectivity index (χ4v) is 4.23. The molecule has 164 valence electrons. The number of rotatable bonds is 8. The quantitative estimate of drug-likeness (QED) is 0.364. The van der Waals surface area contributed by atoms with Crippen LogP contribution in [0.15, 0.2) is 53.0 Å². The number of aromatic amines is 1. The number of nitrogens with one attached hydrogen (secondary N) is 2. The third-order valence-corrected chi connectivity index (χ3v) is 6.16. The molecule has 4 rings (SSSR count). The van der Waals surface area contributed by atoms with Crippen molar-refractivity contribution in [3.8, 4) is 34.1 Å². The van der Waals surface area contributed by atoms with E-state index in [9.17, 15) is 4.79 Å². The number of carbonyl (C=O) groups is 1. The molecular weight excluding hydrogens is 446 g/mol. The zero-order chi connectivity index (χ0) is 22.5. The van der Waals surface area contributed by atoms with Gasteiger partial charge in [-0.1, -0.05) is 41.6 Å². The molecule has 0 saturated heterocycles. The van der Waals surface area contributed by atoms with Crippen LogP contribution in [0.1, 0.15) is 5.56 Å². The Morgan fingerprint density at radius 3 is 2.69 bits per heavy atom. The average Bonchev–Trinajstić information content (AvgIpc) is 3.47. The van der Waals surface area contributed by atoms with E-state index in [1.165, 1.54) is 28.7 Å². The normalized spacial score (nSPS) is 10.7. The van der Waals surface area contributed by atoms with Crippen molar-refractivity contribution < 1.29 is 14.3 Å². The highest BCUT2D eigenvalue weighted by Crippen LogP contribution is 2.35. The molecule has 0 radical (unpaired) electrons. The van der Waals surface area contributed by atoms with Gasteiger partial charge in [0.2, 0.25) is 11.1 Å². The molecule has 0 spiro atoms. The highest BCUT2D eigenvalue weighted by molar-refractivity contribution is 7.99. The van der Waals surface area contributed by atoms with Gasteiger partial charge in [-0.3, -0.25) is 9.89 Å².